The number of benzene rings is 2. The molecule has 0 heterocycles. The lowest BCUT2D eigenvalue weighted by atomic mass is 9.87. The zero-order valence-electron chi connectivity index (χ0n) is 14.8. The number of carbonyl (C=O) groups excluding carboxylic acids is 1. The molecule has 1 aliphatic carbocycles. The first-order valence-electron chi connectivity index (χ1n) is 9.05. The smallest absolute Gasteiger partial charge is 0.306 e. The van der Waals surface area contributed by atoms with Gasteiger partial charge in [-0.2, -0.15) is 0 Å². The van der Waals surface area contributed by atoms with E-state index in [-0.39, 0.29) is 5.97 Å². The number of nitrogen functional groups attached to an aromatic ring is 1. The van der Waals surface area contributed by atoms with Crippen LogP contribution in [0.2, 0.25) is 0 Å². The Balaban J connectivity index is 1.67. The van der Waals surface area contributed by atoms with Crippen molar-refractivity contribution in [1.29, 1.82) is 0 Å². The van der Waals surface area contributed by atoms with E-state index in [2.05, 4.69) is 29.6 Å². The van der Waals surface area contributed by atoms with Crippen LogP contribution in [0.5, 0.6) is 0 Å². The summed E-state index contributed by atoms with van der Waals surface area (Å²) < 4.78 is 4.97. The number of nitrogens with one attached hydrogen (secondary N) is 1. The van der Waals surface area contributed by atoms with Gasteiger partial charge in [0, 0.05) is 6.42 Å². The number of fused-ring (bicyclic) bond motifs is 1. The molecule has 0 fully saturated rings. The van der Waals surface area contributed by atoms with Gasteiger partial charge in [-0.25, -0.2) is 0 Å². The molecule has 132 valence electrons. The van der Waals surface area contributed by atoms with Crippen LogP contribution in [0.1, 0.15) is 48.9 Å². The second-order valence-electron chi connectivity index (χ2n) is 6.51. The molecule has 4 nitrogen and oxygen atoms in total. The number of nitrogens with two attached hydrogens (primary N) is 1. The standard InChI is InChI=1S/C21H26N2O2/c1-2-25-21(24)13-11-15-10-12-20(18(22)14-15)23-19-9-5-7-16-6-3-4-8-17(16)19/h3-4,6,8,10,12,14,19,23H,2,5,7,9,11,13,22H2,1H3. The van der Waals surface area contributed by atoms with E-state index in [0.717, 1.165) is 29.8 Å². The molecule has 0 bridgehead atoms. The van der Waals surface area contributed by atoms with Gasteiger partial charge in [0.05, 0.1) is 24.0 Å². The summed E-state index contributed by atoms with van der Waals surface area (Å²) in [5.74, 6) is -0.165. The van der Waals surface area contributed by atoms with Crippen LogP contribution in [0, 0.1) is 0 Å². The molecule has 0 radical (unpaired) electrons. The molecule has 1 atom stereocenters. The van der Waals surface area contributed by atoms with Crippen LogP contribution in [-0.2, 0) is 22.4 Å². The van der Waals surface area contributed by atoms with Gasteiger partial charge >= 0.3 is 5.97 Å². The molecule has 1 unspecified atom stereocenters. The Kier molecular flexibility index (Phi) is 5.59. The summed E-state index contributed by atoms with van der Waals surface area (Å²) in [5, 5.41) is 3.60. The number of rotatable bonds is 6. The fourth-order valence-electron chi connectivity index (χ4n) is 3.47. The normalized spacial score (nSPS) is 16.1. The number of aryl methyl sites for hydroxylation is 2. The molecule has 0 saturated heterocycles. The fourth-order valence-corrected chi connectivity index (χ4v) is 3.47. The molecule has 0 spiro atoms. The molecule has 3 N–H and O–H groups in total. The van der Waals surface area contributed by atoms with Gasteiger partial charge in [0.15, 0.2) is 0 Å². The third-order valence-electron chi connectivity index (χ3n) is 4.74. The van der Waals surface area contributed by atoms with E-state index in [1.807, 2.05) is 25.1 Å². The van der Waals surface area contributed by atoms with Crippen molar-refractivity contribution in [2.24, 2.45) is 0 Å². The van der Waals surface area contributed by atoms with Gasteiger partial charge in [0.25, 0.3) is 0 Å². The van der Waals surface area contributed by atoms with E-state index < -0.39 is 0 Å². The Labute approximate surface area is 149 Å². The highest BCUT2D eigenvalue weighted by Crippen LogP contribution is 2.34. The van der Waals surface area contributed by atoms with E-state index >= 15 is 0 Å². The van der Waals surface area contributed by atoms with Crippen molar-refractivity contribution in [3.8, 4) is 0 Å². The lowest BCUT2D eigenvalue weighted by molar-refractivity contribution is -0.143. The van der Waals surface area contributed by atoms with Crippen LogP contribution in [0.3, 0.4) is 0 Å². The van der Waals surface area contributed by atoms with E-state index in [4.69, 9.17) is 10.5 Å². The minimum absolute atomic E-state index is 0.165. The minimum Gasteiger partial charge on any atom is -0.466 e. The summed E-state index contributed by atoms with van der Waals surface area (Å²) in [6.07, 6.45) is 4.48. The van der Waals surface area contributed by atoms with Gasteiger partial charge in [-0.1, -0.05) is 30.3 Å². The highest BCUT2D eigenvalue weighted by Gasteiger charge is 2.20. The average Bonchev–Trinajstić information content (AvgIpc) is 2.62. The van der Waals surface area contributed by atoms with E-state index in [0.29, 0.717) is 25.5 Å². The summed E-state index contributed by atoms with van der Waals surface area (Å²) >= 11 is 0. The Morgan fingerprint density at radius 2 is 2.12 bits per heavy atom. The minimum atomic E-state index is -0.165. The second kappa shape index (κ2) is 8.06. The summed E-state index contributed by atoms with van der Waals surface area (Å²) in [5.41, 5.74) is 11.8. The van der Waals surface area contributed by atoms with Crippen molar-refractivity contribution in [3.05, 3.63) is 59.2 Å². The van der Waals surface area contributed by atoms with Gasteiger partial charge in [0.1, 0.15) is 0 Å². The Hall–Kier alpha value is -2.49. The molecule has 4 heteroatoms. The number of ether oxygens (including phenoxy) is 1. The van der Waals surface area contributed by atoms with E-state index in [9.17, 15) is 4.79 Å². The van der Waals surface area contributed by atoms with Crippen molar-refractivity contribution < 1.29 is 9.53 Å². The second-order valence-corrected chi connectivity index (χ2v) is 6.51. The fraction of sp³-hybridized carbons (Fsp3) is 0.381. The van der Waals surface area contributed by atoms with Crippen molar-refractivity contribution in [2.75, 3.05) is 17.7 Å². The van der Waals surface area contributed by atoms with Gasteiger partial charge in [-0.15, -0.1) is 0 Å². The molecule has 0 saturated carbocycles. The van der Waals surface area contributed by atoms with Crippen molar-refractivity contribution in [2.45, 2.75) is 45.1 Å². The molecule has 0 aromatic heterocycles. The van der Waals surface area contributed by atoms with Gasteiger partial charge < -0.3 is 15.8 Å². The highest BCUT2D eigenvalue weighted by atomic mass is 16.5. The first-order chi connectivity index (χ1) is 12.2. The Morgan fingerprint density at radius 3 is 2.92 bits per heavy atom. The average molecular weight is 338 g/mol. The number of hydrogen-bond donors (Lipinski definition) is 2. The van der Waals surface area contributed by atoms with Crippen molar-refractivity contribution in [3.63, 3.8) is 0 Å². The quantitative estimate of drug-likeness (QED) is 0.610. The largest absolute Gasteiger partial charge is 0.466 e. The lowest BCUT2D eigenvalue weighted by Crippen LogP contribution is -2.18. The van der Waals surface area contributed by atoms with Gasteiger partial charge in [-0.3, -0.25) is 4.79 Å². The number of anilines is 2. The van der Waals surface area contributed by atoms with Crippen LogP contribution >= 0.6 is 0 Å². The summed E-state index contributed by atoms with van der Waals surface area (Å²) in [6.45, 7) is 2.24. The van der Waals surface area contributed by atoms with Crippen LogP contribution < -0.4 is 11.1 Å². The summed E-state index contributed by atoms with van der Waals surface area (Å²) in [6, 6.07) is 14.9. The van der Waals surface area contributed by atoms with E-state index in [1.54, 1.807) is 0 Å². The SMILES string of the molecule is CCOC(=O)CCc1ccc(NC2CCCc3ccccc32)c(N)c1. The van der Waals surface area contributed by atoms with Crippen LogP contribution in [0.25, 0.3) is 0 Å². The lowest BCUT2D eigenvalue weighted by Gasteiger charge is -2.28. The zero-order chi connectivity index (χ0) is 17.6. The Bertz CT molecular complexity index is 742. The molecule has 0 aliphatic heterocycles. The summed E-state index contributed by atoms with van der Waals surface area (Å²) in [4.78, 5) is 11.5. The van der Waals surface area contributed by atoms with Crippen LogP contribution in [0.4, 0.5) is 11.4 Å². The number of hydrogen-bond acceptors (Lipinski definition) is 4. The maximum absolute atomic E-state index is 11.5. The predicted octanol–water partition coefficient (Wildman–Crippen LogP) is 4.25. The third-order valence-corrected chi connectivity index (χ3v) is 4.74. The highest BCUT2D eigenvalue weighted by molar-refractivity contribution is 5.71. The molecular weight excluding hydrogens is 312 g/mol. The topological polar surface area (TPSA) is 64.3 Å². The van der Waals surface area contributed by atoms with Gasteiger partial charge in [0.2, 0.25) is 0 Å². The zero-order valence-corrected chi connectivity index (χ0v) is 14.8. The molecule has 0 amide bonds. The van der Waals surface area contributed by atoms with Gasteiger partial charge in [-0.05, 0) is 61.4 Å². The van der Waals surface area contributed by atoms with E-state index in [1.165, 1.54) is 17.5 Å². The molecular formula is C21H26N2O2. The first kappa shape index (κ1) is 17.3. The third kappa shape index (κ3) is 4.32. The molecule has 2 aromatic carbocycles. The first-order valence-corrected chi connectivity index (χ1v) is 9.05. The predicted molar refractivity (Wildman–Crippen MR) is 102 cm³/mol. The molecule has 3 rings (SSSR count). The monoisotopic (exact) mass is 338 g/mol. The maximum Gasteiger partial charge on any atom is 0.306 e. The van der Waals surface area contributed by atoms with Crippen molar-refractivity contribution >= 4 is 17.3 Å². The Morgan fingerprint density at radius 1 is 1.28 bits per heavy atom. The molecule has 1 aliphatic rings. The molecule has 2 aromatic rings. The molecule has 25 heavy (non-hydrogen) atoms. The summed E-state index contributed by atoms with van der Waals surface area (Å²) in [7, 11) is 0. The number of esters is 1. The van der Waals surface area contributed by atoms with Crippen LogP contribution in [0.15, 0.2) is 42.5 Å². The maximum atomic E-state index is 11.5. The van der Waals surface area contributed by atoms with Crippen molar-refractivity contribution in [1.82, 2.24) is 0 Å². The van der Waals surface area contributed by atoms with Crippen LogP contribution in [-0.4, -0.2) is 12.6 Å². The number of carbonyl (C=O) groups is 1.